The number of carbonyl (C=O) groups is 2. The van der Waals surface area contributed by atoms with Crippen molar-refractivity contribution in [3.05, 3.63) is 0 Å². The molecular weight excluding hydrogens is 456 g/mol. The van der Waals surface area contributed by atoms with Gasteiger partial charge in [0.1, 0.15) is 12.5 Å². The summed E-state index contributed by atoms with van der Waals surface area (Å²) < 4.78 is 19.0. The van der Waals surface area contributed by atoms with E-state index in [0.717, 1.165) is 50.0 Å². The van der Waals surface area contributed by atoms with Crippen LogP contribution in [-0.2, 0) is 23.8 Å². The smallest absolute Gasteiger partial charge is 0.317 e. The van der Waals surface area contributed by atoms with E-state index < -0.39 is 18.4 Å². The minimum atomic E-state index is -1.11. The van der Waals surface area contributed by atoms with E-state index in [1.165, 1.54) is 38.5 Å². The van der Waals surface area contributed by atoms with Gasteiger partial charge >= 0.3 is 11.9 Å². The summed E-state index contributed by atoms with van der Waals surface area (Å²) in [6, 6.07) is 0. The first-order valence-corrected chi connectivity index (χ1v) is 14.8. The van der Waals surface area contributed by atoms with Gasteiger partial charge < -0.3 is 19.3 Å². The molecule has 12 atom stereocenters. The van der Waals surface area contributed by atoms with E-state index in [9.17, 15) is 9.59 Å². The number of carboxylic acids is 1. The minimum absolute atomic E-state index is 0.116. The van der Waals surface area contributed by atoms with Gasteiger partial charge in [0, 0.05) is 12.3 Å². The van der Waals surface area contributed by atoms with Crippen LogP contribution in [0.1, 0.15) is 98.3 Å². The number of fused-ring (bicyclic) bond motifs is 7. The Bertz CT molecular complexity index is 894. The van der Waals surface area contributed by atoms with Gasteiger partial charge in [0.2, 0.25) is 0 Å². The van der Waals surface area contributed by atoms with Gasteiger partial charge in [-0.3, -0.25) is 9.59 Å². The van der Waals surface area contributed by atoms with Crippen LogP contribution in [0.2, 0.25) is 0 Å². The summed E-state index contributed by atoms with van der Waals surface area (Å²) in [5.74, 6) is 2.47. The predicted molar refractivity (Wildman–Crippen MR) is 134 cm³/mol. The van der Waals surface area contributed by atoms with Crippen molar-refractivity contribution < 1.29 is 28.9 Å². The number of rotatable bonds is 3. The molecule has 6 aliphatic rings. The van der Waals surface area contributed by atoms with Crippen molar-refractivity contribution >= 4 is 11.9 Å². The molecule has 0 radical (unpaired) electrons. The largest absolute Gasteiger partial charge is 0.481 e. The molecule has 6 heteroatoms. The van der Waals surface area contributed by atoms with Crippen molar-refractivity contribution in [3.8, 4) is 0 Å². The average molecular weight is 503 g/mol. The van der Waals surface area contributed by atoms with Gasteiger partial charge in [0.15, 0.2) is 5.79 Å². The quantitative estimate of drug-likeness (QED) is 0.387. The topological polar surface area (TPSA) is 82.1 Å². The second-order valence-electron chi connectivity index (χ2n) is 14.1. The van der Waals surface area contributed by atoms with E-state index in [1.807, 2.05) is 0 Å². The molecule has 202 valence electrons. The Labute approximate surface area is 216 Å². The fraction of sp³-hybridized carbons (Fsp3) is 0.933. The number of aliphatic carboxylic acids is 1. The van der Waals surface area contributed by atoms with Crippen LogP contribution in [0.25, 0.3) is 0 Å². The van der Waals surface area contributed by atoms with Crippen molar-refractivity contribution in [2.45, 2.75) is 116 Å². The zero-order valence-corrected chi connectivity index (χ0v) is 22.7. The van der Waals surface area contributed by atoms with E-state index in [2.05, 4.69) is 27.7 Å². The lowest BCUT2D eigenvalue weighted by Crippen LogP contribution is -2.55. The van der Waals surface area contributed by atoms with Gasteiger partial charge in [-0.15, -0.1) is 0 Å². The first kappa shape index (κ1) is 25.2. The maximum absolute atomic E-state index is 12.0. The van der Waals surface area contributed by atoms with Crippen LogP contribution in [0.3, 0.4) is 0 Å². The third-order valence-corrected chi connectivity index (χ3v) is 12.5. The van der Waals surface area contributed by atoms with E-state index >= 15 is 0 Å². The molecule has 0 amide bonds. The fourth-order valence-electron chi connectivity index (χ4n) is 10.7. The molecule has 2 saturated heterocycles. The molecule has 1 spiro atoms. The molecule has 2 aliphatic heterocycles. The van der Waals surface area contributed by atoms with E-state index in [0.29, 0.717) is 40.6 Å². The number of hydrogen-bond acceptors (Lipinski definition) is 5. The first-order valence-electron chi connectivity index (χ1n) is 14.8. The highest BCUT2D eigenvalue weighted by atomic mass is 16.7. The van der Waals surface area contributed by atoms with Gasteiger partial charge in [-0.05, 0) is 104 Å². The lowest BCUT2D eigenvalue weighted by Gasteiger charge is -2.61. The summed E-state index contributed by atoms with van der Waals surface area (Å²) in [4.78, 5) is 22.9. The zero-order valence-electron chi connectivity index (χ0n) is 22.7. The van der Waals surface area contributed by atoms with Crippen molar-refractivity contribution in [2.75, 3.05) is 6.61 Å². The first-order chi connectivity index (χ1) is 17.1. The molecule has 36 heavy (non-hydrogen) atoms. The third kappa shape index (κ3) is 3.71. The molecule has 0 aromatic carbocycles. The van der Waals surface area contributed by atoms with E-state index in [-0.39, 0.29) is 11.9 Å². The second-order valence-corrected chi connectivity index (χ2v) is 14.1. The summed E-state index contributed by atoms with van der Waals surface area (Å²) >= 11 is 0. The molecule has 4 saturated carbocycles. The maximum Gasteiger partial charge on any atom is 0.317 e. The molecule has 4 aliphatic carbocycles. The van der Waals surface area contributed by atoms with Crippen LogP contribution < -0.4 is 0 Å². The van der Waals surface area contributed by atoms with Crippen LogP contribution in [0, 0.1) is 52.3 Å². The third-order valence-electron chi connectivity index (χ3n) is 12.5. The average Bonchev–Trinajstić information content (AvgIpc) is 3.26. The number of carbonyl (C=O) groups excluding carboxylic acids is 1. The Morgan fingerprint density at radius 2 is 1.72 bits per heavy atom. The fourth-order valence-corrected chi connectivity index (χ4v) is 10.7. The molecule has 0 aromatic rings. The van der Waals surface area contributed by atoms with Crippen molar-refractivity contribution in [3.63, 3.8) is 0 Å². The number of ether oxygens (including phenoxy) is 3. The number of hydrogen-bond donors (Lipinski definition) is 1. The molecule has 6 fully saturated rings. The number of carboxylic acid groups (broad SMARTS) is 1. The van der Waals surface area contributed by atoms with Crippen LogP contribution in [0.15, 0.2) is 0 Å². The van der Waals surface area contributed by atoms with Gasteiger partial charge in [-0.25, -0.2) is 0 Å². The SMILES string of the molecule is CC1C2C(CC3C4CCC5C[C@@H](OC(=O)CC(=O)O)CC[C@]5(C)C4CC[C@@]32C)O[C@]12CC[C@H](C)CO2. The lowest BCUT2D eigenvalue weighted by molar-refractivity contribution is -0.273. The predicted octanol–water partition coefficient (Wildman–Crippen LogP) is 5.82. The second kappa shape index (κ2) is 8.69. The molecular formula is C30H46O6. The molecule has 6 nitrogen and oxygen atoms in total. The van der Waals surface area contributed by atoms with Crippen molar-refractivity contribution in [1.29, 1.82) is 0 Å². The summed E-state index contributed by atoms with van der Waals surface area (Å²) in [5.41, 5.74) is 0.641. The van der Waals surface area contributed by atoms with Crippen LogP contribution in [0.5, 0.6) is 0 Å². The van der Waals surface area contributed by atoms with E-state index in [4.69, 9.17) is 19.3 Å². The molecule has 0 aromatic heterocycles. The highest BCUT2D eigenvalue weighted by Gasteiger charge is 2.69. The summed E-state index contributed by atoms with van der Waals surface area (Å²) in [6.07, 6.45) is 11.1. The molecule has 6 rings (SSSR count). The van der Waals surface area contributed by atoms with Gasteiger partial charge in [0.05, 0.1) is 12.7 Å². The Balaban J connectivity index is 1.16. The van der Waals surface area contributed by atoms with E-state index in [1.54, 1.807) is 0 Å². The highest BCUT2D eigenvalue weighted by molar-refractivity contribution is 5.90. The standard InChI is InChI=1S/C30H46O6/c1-17-7-12-30(34-16-17)18(2)27-24(36-30)14-23-21-6-5-19-13-20(35-26(33)15-25(31)32)8-10-28(19,3)22(21)9-11-29(23,27)4/h17-24,27H,5-16H2,1-4H3,(H,31,32)/t17-,18?,19?,20-,21?,22?,23?,24?,27?,28-,29-,30+/m0/s1. The van der Waals surface area contributed by atoms with Gasteiger partial charge in [0.25, 0.3) is 0 Å². The molecule has 7 unspecified atom stereocenters. The Kier molecular flexibility index (Phi) is 6.07. The molecule has 2 heterocycles. The summed E-state index contributed by atoms with van der Waals surface area (Å²) in [6.45, 7) is 10.7. The van der Waals surface area contributed by atoms with Crippen molar-refractivity contribution in [1.82, 2.24) is 0 Å². The Morgan fingerprint density at radius 1 is 0.944 bits per heavy atom. The Morgan fingerprint density at radius 3 is 2.44 bits per heavy atom. The van der Waals surface area contributed by atoms with Crippen LogP contribution in [0.4, 0.5) is 0 Å². The van der Waals surface area contributed by atoms with Gasteiger partial charge in [-0.2, -0.15) is 0 Å². The highest BCUT2D eigenvalue weighted by Crippen LogP contribution is 2.71. The summed E-state index contributed by atoms with van der Waals surface area (Å²) in [5, 5.41) is 8.91. The zero-order chi connectivity index (χ0) is 25.5. The minimum Gasteiger partial charge on any atom is -0.481 e. The van der Waals surface area contributed by atoms with Crippen LogP contribution >= 0.6 is 0 Å². The van der Waals surface area contributed by atoms with Gasteiger partial charge in [-0.1, -0.05) is 27.7 Å². The molecule has 1 N–H and O–H groups in total. The lowest BCUT2D eigenvalue weighted by atomic mass is 9.44. The number of esters is 1. The summed E-state index contributed by atoms with van der Waals surface area (Å²) in [7, 11) is 0. The monoisotopic (exact) mass is 502 g/mol. The normalized spacial score (nSPS) is 53.7. The van der Waals surface area contributed by atoms with Crippen LogP contribution in [-0.4, -0.2) is 41.6 Å². The Hall–Kier alpha value is -1.14. The maximum atomic E-state index is 12.0. The van der Waals surface area contributed by atoms with Crippen molar-refractivity contribution in [2.24, 2.45) is 52.3 Å². The molecule has 0 bridgehead atoms.